The van der Waals surface area contributed by atoms with Gasteiger partial charge in [0.2, 0.25) is 5.92 Å². The summed E-state index contributed by atoms with van der Waals surface area (Å²) in [6.45, 7) is 0.840. The summed E-state index contributed by atoms with van der Waals surface area (Å²) in [6, 6.07) is 0.122. The molecule has 1 aliphatic carbocycles. The van der Waals surface area contributed by atoms with Crippen molar-refractivity contribution in [2.75, 3.05) is 20.6 Å². The highest BCUT2D eigenvalue weighted by Crippen LogP contribution is 2.37. The SMILES string of the molecule is CN(C)C[C@@H](N)CC1CCC(F)(F)CC1. The maximum Gasteiger partial charge on any atom is 0.248 e. The number of halogens is 2. The predicted octanol–water partition coefficient (Wildman–Crippen LogP) is 2.09. The van der Waals surface area contributed by atoms with Gasteiger partial charge in [-0.3, -0.25) is 0 Å². The van der Waals surface area contributed by atoms with Crippen LogP contribution in [0.15, 0.2) is 0 Å². The molecule has 2 N–H and O–H groups in total. The van der Waals surface area contributed by atoms with Gasteiger partial charge < -0.3 is 10.6 Å². The molecular weight excluding hydrogens is 198 g/mol. The Kier molecular flexibility index (Phi) is 4.46. The van der Waals surface area contributed by atoms with Gasteiger partial charge in [0.1, 0.15) is 0 Å². The molecule has 2 nitrogen and oxygen atoms in total. The van der Waals surface area contributed by atoms with Crippen molar-refractivity contribution < 1.29 is 8.78 Å². The zero-order chi connectivity index (χ0) is 11.5. The van der Waals surface area contributed by atoms with E-state index in [0.29, 0.717) is 18.8 Å². The number of rotatable bonds is 4. The van der Waals surface area contributed by atoms with E-state index in [1.165, 1.54) is 0 Å². The number of hydrogen-bond acceptors (Lipinski definition) is 2. The van der Waals surface area contributed by atoms with Crippen LogP contribution in [0.1, 0.15) is 32.1 Å². The quantitative estimate of drug-likeness (QED) is 0.786. The molecule has 4 heteroatoms. The Labute approximate surface area is 90.8 Å². The molecule has 1 fully saturated rings. The standard InChI is InChI=1S/C11H22F2N2/c1-15(2)8-10(14)7-9-3-5-11(12,13)6-4-9/h9-10H,3-8,14H2,1-2H3/t10-/m0/s1. The molecule has 0 amide bonds. The van der Waals surface area contributed by atoms with Crippen molar-refractivity contribution in [3.8, 4) is 0 Å². The Morgan fingerprint density at radius 1 is 1.33 bits per heavy atom. The van der Waals surface area contributed by atoms with Crippen molar-refractivity contribution in [2.45, 2.75) is 44.1 Å². The lowest BCUT2D eigenvalue weighted by Crippen LogP contribution is -2.36. The molecule has 90 valence electrons. The van der Waals surface area contributed by atoms with Gasteiger partial charge in [-0.1, -0.05) is 0 Å². The highest BCUT2D eigenvalue weighted by atomic mass is 19.3. The molecule has 0 aromatic heterocycles. The normalized spacial score (nSPS) is 24.4. The Morgan fingerprint density at radius 2 is 1.87 bits per heavy atom. The summed E-state index contributed by atoms with van der Waals surface area (Å²) in [5.74, 6) is -2.01. The molecule has 1 rings (SSSR count). The fraction of sp³-hybridized carbons (Fsp3) is 1.00. The summed E-state index contributed by atoms with van der Waals surface area (Å²) in [6.07, 6.45) is 2.25. The van der Waals surface area contributed by atoms with Crippen LogP contribution in [0.4, 0.5) is 8.78 Å². The van der Waals surface area contributed by atoms with Crippen LogP contribution < -0.4 is 5.73 Å². The van der Waals surface area contributed by atoms with Crippen LogP contribution in [0.5, 0.6) is 0 Å². The van der Waals surface area contributed by atoms with E-state index < -0.39 is 5.92 Å². The Bertz CT molecular complexity index is 185. The van der Waals surface area contributed by atoms with Gasteiger partial charge in [0.05, 0.1) is 0 Å². The van der Waals surface area contributed by atoms with Crippen molar-refractivity contribution in [1.82, 2.24) is 4.90 Å². The van der Waals surface area contributed by atoms with Gasteiger partial charge in [-0.05, 0) is 39.3 Å². The highest BCUT2D eigenvalue weighted by molar-refractivity contribution is 4.80. The van der Waals surface area contributed by atoms with Gasteiger partial charge in [0.25, 0.3) is 0 Å². The minimum atomic E-state index is -2.41. The van der Waals surface area contributed by atoms with Crippen LogP contribution in [0, 0.1) is 5.92 Å². The highest BCUT2D eigenvalue weighted by Gasteiger charge is 2.35. The van der Waals surface area contributed by atoms with Gasteiger partial charge in [-0.15, -0.1) is 0 Å². The zero-order valence-electron chi connectivity index (χ0n) is 9.68. The fourth-order valence-corrected chi connectivity index (χ4v) is 2.31. The molecule has 1 atom stereocenters. The van der Waals surface area contributed by atoms with E-state index in [-0.39, 0.29) is 18.9 Å². The molecule has 1 saturated carbocycles. The first-order chi connectivity index (χ1) is 6.89. The molecule has 0 aromatic rings. The summed E-state index contributed by atoms with van der Waals surface area (Å²) >= 11 is 0. The van der Waals surface area contributed by atoms with E-state index in [2.05, 4.69) is 0 Å². The maximum absolute atomic E-state index is 12.9. The Morgan fingerprint density at radius 3 is 2.33 bits per heavy atom. The fourth-order valence-electron chi connectivity index (χ4n) is 2.31. The van der Waals surface area contributed by atoms with Crippen LogP contribution >= 0.6 is 0 Å². The monoisotopic (exact) mass is 220 g/mol. The third-order valence-corrected chi connectivity index (χ3v) is 3.07. The van der Waals surface area contributed by atoms with Crippen molar-refractivity contribution in [3.63, 3.8) is 0 Å². The lowest BCUT2D eigenvalue weighted by atomic mass is 9.83. The molecule has 0 radical (unpaired) electrons. The summed E-state index contributed by atoms with van der Waals surface area (Å²) in [4.78, 5) is 2.04. The number of likely N-dealkylation sites (N-methyl/N-ethyl adjacent to an activating group) is 1. The van der Waals surface area contributed by atoms with Crippen molar-refractivity contribution in [3.05, 3.63) is 0 Å². The van der Waals surface area contributed by atoms with Crippen molar-refractivity contribution in [1.29, 1.82) is 0 Å². The number of nitrogens with zero attached hydrogens (tertiary/aromatic N) is 1. The molecule has 0 spiro atoms. The number of alkyl halides is 2. The summed E-state index contributed by atoms with van der Waals surface area (Å²) < 4.78 is 25.8. The molecule has 15 heavy (non-hydrogen) atoms. The topological polar surface area (TPSA) is 29.3 Å². The second-order valence-electron chi connectivity index (χ2n) is 5.06. The van der Waals surface area contributed by atoms with E-state index in [4.69, 9.17) is 5.73 Å². The Balaban J connectivity index is 2.23. The third kappa shape index (κ3) is 4.89. The smallest absolute Gasteiger partial charge is 0.248 e. The molecule has 0 saturated heterocycles. The summed E-state index contributed by atoms with van der Waals surface area (Å²) in [5.41, 5.74) is 5.94. The number of hydrogen-bond donors (Lipinski definition) is 1. The lowest BCUT2D eigenvalue weighted by molar-refractivity contribution is -0.0472. The van der Waals surface area contributed by atoms with Crippen LogP contribution in [-0.4, -0.2) is 37.5 Å². The zero-order valence-corrected chi connectivity index (χ0v) is 9.68. The maximum atomic E-state index is 12.9. The predicted molar refractivity (Wildman–Crippen MR) is 58.1 cm³/mol. The average molecular weight is 220 g/mol. The first-order valence-corrected chi connectivity index (χ1v) is 5.67. The molecule has 1 aliphatic rings. The van der Waals surface area contributed by atoms with Gasteiger partial charge in [0, 0.05) is 25.4 Å². The van der Waals surface area contributed by atoms with Gasteiger partial charge >= 0.3 is 0 Å². The molecule has 0 aromatic carbocycles. The van der Waals surface area contributed by atoms with Gasteiger partial charge in [-0.2, -0.15) is 0 Å². The molecule has 0 aliphatic heterocycles. The second kappa shape index (κ2) is 5.21. The first kappa shape index (κ1) is 12.8. The molecular formula is C11H22F2N2. The minimum Gasteiger partial charge on any atom is -0.327 e. The first-order valence-electron chi connectivity index (χ1n) is 5.67. The number of nitrogens with two attached hydrogens (primary N) is 1. The largest absolute Gasteiger partial charge is 0.327 e. The van der Waals surface area contributed by atoms with Crippen LogP contribution in [0.3, 0.4) is 0 Å². The minimum absolute atomic E-state index is 0.0480. The average Bonchev–Trinajstić information content (AvgIpc) is 2.07. The van der Waals surface area contributed by atoms with E-state index in [1.54, 1.807) is 0 Å². The Hall–Kier alpha value is -0.220. The van der Waals surface area contributed by atoms with E-state index in [1.807, 2.05) is 19.0 Å². The van der Waals surface area contributed by atoms with Crippen LogP contribution in [-0.2, 0) is 0 Å². The third-order valence-electron chi connectivity index (χ3n) is 3.07. The summed E-state index contributed by atoms with van der Waals surface area (Å²) in [7, 11) is 3.96. The molecule has 0 unspecified atom stereocenters. The van der Waals surface area contributed by atoms with Crippen molar-refractivity contribution >= 4 is 0 Å². The van der Waals surface area contributed by atoms with E-state index >= 15 is 0 Å². The second-order valence-corrected chi connectivity index (χ2v) is 5.06. The molecule has 0 bridgehead atoms. The van der Waals surface area contributed by atoms with Gasteiger partial charge in [0.15, 0.2) is 0 Å². The molecule has 0 heterocycles. The summed E-state index contributed by atoms with van der Waals surface area (Å²) in [5, 5.41) is 0. The van der Waals surface area contributed by atoms with Gasteiger partial charge in [-0.25, -0.2) is 8.78 Å². The lowest BCUT2D eigenvalue weighted by Gasteiger charge is -2.30. The van der Waals surface area contributed by atoms with E-state index in [0.717, 1.165) is 13.0 Å². The van der Waals surface area contributed by atoms with Crippen molar-refractivity contribution in [2.24, 2.45) is 11.7 Å². The van der Waals surface area contributed by atoms with Crippen LogP contribution in [0.2, 0.25) is 0 Å². The van der Waals surface area contributed by atoms with E-state index in [9.17, 15) is 8.78 Å². The van der Waals surface area contributed by atoms with Crippen LogP contribution in [0.25, 0.3) is 0 Å².